The molecule has 3 nitrogen and oxygen atoms in total. The average molecular weight is 204 g/mol. The van der Waals surface area contributed by atoms with Gasteiger partial charge in [0.15, 0.2) is 0 Å². The summed E-state index contributed by atoms with van der Waals surface area (Å²) in [6.45, 7) is 1.99. The fourth-order valence-electron chi connectivity index (χ4n) is 1.63. The second-order valence-corrected chi connectivity index (χ2v) is 3.80. The van der Waals surface area contributed by atoms with Gasteiger partial charge in [-0.1, -0.05) is 19.1 Å². The molecule has 1 heterocycles. The van der Waals surface area contributed by atoms with Crippen LogP contribution in [-0.4, -0.2) is 21.2 Å². The second-order valence-electron chi connectivity index (χ2n) is 3.80. The van der Waals surface area contributed by atoms with E-state index in [9.17, 15) is 5.11 Å². The molecule has 0 amide bonds. The van der Waals surface area contributed by atoms with Gasteiger partial charge in [0.05, 0.1) is 17.1 Å². The molecule has 1 atom stereocenters. The summed E-state index contributed by atoms with van der Waals surface area (Å²) in [5, 5.41) is 9.45. The zero-order valence-electron chi connectivity index (χ0n) is 8.90. The van der Waals surface area contributed by atoms with Crippen molar-refractivity contribution in [3.63, 3.8) is 0 Å². The fourth-order valence-corrected chi connectivity index (χ4v) is 1.63. The number of hydrogen-bond acceptors (Lipinski definition) is 2. The summed E-state index contributed by atoms with van der Waals surface area (Å²) >= 11 is 0. The zero-order chi connectivity index (χ0) is 10.7. The molecule has 0 radical (unpaired) electrons. The van der Waals surface area contributed by atoms with E-state index in [1.54, 1.807) is 0 Å². The van der Waals surface area contributed by atoms with E-state index >= 15 is 0 Å². The Morgan fingerprint density at radius 2 is 2.20 bits per heavy atom. The van der Waals surface area contributed by atoms with Gasteiger partial charge in [-0.25, -0.2) is 4.98 Å². The Hall–Kier alpha value is -1.35. The topological polar surface area (TPSA) is 48.9 Å². The van der Waals surface area contributed by atoms with Gasteiger partial charge in [0.25, 0.3) is 0 Å². The van der Waals surface area contributed by atoms with Crippen LogP contribution in [0, 0.1) is 0 Å². The number of fused-ring (bicyclic) bond motifs is 1. The maximum Gasteiger partial charge on any atom is 0.107 e. The van der Waals surface area contributed by atoms with Crippen molar-refractivity contribution in [1.82, 2.24) is 9.97 Å². The Morgan fingerprint density at radius 3 is 2.93 bits per heavy atom. The second kappa shape index (κ2) is 4.45. The predicted octanol–water partition coefficient (Wildman–Crippen LogP) is 2.27. The van der Waals surface area contributed by atoms with Crippen LogP contribution in [0.2, 0.25) is 0 Å². The molecule has 1 unspecified atom stereocenters. The molecule has 80 valence electrons. The van der Waals surface area contributed by atoms with E-state index in [1.807, 2.05) is 31.2 Å². The van der Waals surface area contributed by atoms with Gasteiger partial charge in [-0.05, 0) is 25.0 Å². The Kier molecular flexibility index (Phi) is 3.02. The number of nitrogens with one attached hydrogen (secondary N) is 1. The van der Waals surface area contributed by atoms with Gasteiger partial charge in [-0.15, -0.1) is 0 Å². The highest BCUT2D eigenvalue weighted by atomic mass is 16.3. The molecule has 2 rings (SSSR count). The van der Waals surface area contributed by atoms with E-state index in [2.05, 4.69) is 9.97 Å². The number of aliphatic hydroxyl groups is 1. The quantitative estimate of drug-likeness (QED) is 0.802. The van der Waals surface area contributed by atoms with E-state index < -0.39 is 0 Å². The SMILES string of the molecule is CCC(O)CCc1nc2ccccc2[nH]1. The molecule has 0 aliphatic carbocycles. The maximum atomic E-state index is 9.45. The molecule has 0 aliphatic heterocycles. The average Bonchev–Trinajstić information content (AvgIpc) is 2.68. The summed E-state index contributed by atoms with van der Waals surface area (Å²) in [7, 11) is 0. The summed E-state index contributed by atoms with van der Waals surface area (Å²) < 4.78 is 0. The van der Waals surface area contributed by atoms with Gasteiger partial charge >= 0.3 is 0 Å². The van der Waals surface area contributed by atoms with Crippen LogP contribution < -0.4 is 0 Å². The molecule has 15 heavy (non-hydrogen) atoms. The molecular weight excluding hydrogens is 188 g/mol. The van der Waals surface area contributed by atoms with Crippen LogP contribution >= 0.6 is 0 Å². The van der Waals surface area contributed by atoms with Crippen LogP contribution in [0.15, 0.2) is 24.3 Å². The van der Waals surface area contributed by atoms with Crippen LogP contribution in [0.3, 0.4) is 0 Å². The number of aromatic amines is 1. The molecule has 2 N–H and O–H groups in total. The summed E-state index contributed by atoms with van der Waals surface area (Å²) in [5.41, 5.74) is 2.07. The number of aryl methyl sites for hydroxylation is 1. The van der Waals surface area contributed by atoms with Crippen LogP contribution in [0.25, 0.3) is 11.0 Å². The third kappa shape index (κ3) is 2.36. The normalized spacial score (nSPS) is 13.2. The molecule has 0 saturated heterocycles. The predicted molar refractivity (Wildman–Crippen MR) is 60.7 cm³/mol. The van der Waals surface area contributed by atoms with E-state index in [0.717, 1.165) is 36.1 Å². The lowest BCUT2D eigenvalue weighted by molar-refractivity contribution is 0.160. The first-order valence-corrected chi connectivity index (χ1v) is 5.41. The number of rotatable bonds is 4. The monoisotopic (exact) mass is 204 g/mol. The highest BCUT2D eigenvalue weighted by molar-refractivity contribution is 5.74. The number of aliphatic hydroxyl groups excluding tert-OH is 1. The minimum absolute atomic E-state index is 0.210. The summed E-state index contributed by atoms with van der Waals surface area (Å²) in [6.07, 6.45) is 2.18. The first-order valence-electron chi connectivity index (χ1n) is 5.41. The van der Waals surface area contributed by atoms with Gasteiger partial charge in [0.2, 0.25) is 0 Å². The van der Waals surface area contributed by atoms with Gasteiger partial charge in [-0.3, -0.25) is 0 Å². The summed E-state index contributed by atoms with van der Waals surface area (Å²) in [5.74, 6) is 0.962. The molecule has 0 saturated carbocycles. The molecule has 0 spiro atoms. The van der Waals surface area contributed by atoms with Crippen molar-refractivity contribution in [2.24, 2.45) is 0 Å². The van der Waals surface area contributed by atoms with Crippen molar-refractivity contribution >= 4 is 11.0 Å². The molecule has 1 aromatic carbocycles. The van der Waals surface area contributed by atoms with Crippen molar-refractivity contribution in [2.45, 2.75) is 32.3 Å². The third-order valence-electron chi connectivity index (χ3n) is 2.62. The van der Waals surface area contributed by atoms with Crippen molar-refractivity contribution in [3.05, 3.63) is 30.1 Å². The van der Waals surface area contributed by atoms with Crippen molar-refractivity contribution in [3.8, 4) is 0 Å². The lowest BCUT2D eigenvalue weighted by Gasteiger charge is -2.04. The molecule has 0 aliphatic rings. The third-order valence-corrected chi connectivity index (χ3v) is 2.62. The van der Waals surface area contributed by atoms with Gasteiger partial charge < -0.3 is 10.1 Å². The van der Waals surface area contributed by atoms with Crippen LogP contribution in [0.1, 0.15) is 25.6 Å². The largest absolute Gasteiger partial charge is 0.393 e. The molecule has 0 fully saturated rings. The van der Waals surface area contributed by atoms with Crippen molar-refractivity contribution < 1.29 is 5.11 Å². The highest BCUT2D eigenvalue weighted by Gasteiger charge is 2.05. The van der Waals surface area contributed by atoms with Crippen LogP contribution in [0.5, 0.6) is 0 Å². The van der Waals surface area contributed by atoms with E-state index in [-0.39, 0.29) is 6.10 Å². The fraction of sp³-hybridized carbons (Fsp3) is 0.417. The first-order chi connectivity index (χ1) is 7.29. The number of nitrogens with zero attached hydrogens (tertiary/aromatic N) is 1. The van der Waals surface area contributed by atoms with E-state index in [0.29, 0.717) is 0 Å². The molecular formula is C12H16N2O. The highest BCUT2D eigenvalue weighted by Crippen LogP contribution is 2.12. The molecule has 2 aromatic rings. The van der Waals surface area contributed by atoms with Crippen molar-refractivity contribution in [2.75, 3.05) is 0 Å². The minimum Gasteiger partial charge on any atom is -0.393 e. The minimum atomic E-state index is -0.210. The van der Waals surface area contributed by atoms with Gasteiger partial charge in [0, 0.05) is 6.42 Å². The number of para-hydroxylation sites is 2. The smallest absolute Gasteiger partial charge is 0.107 e. The summed E-state index contributed by atoms with van der Waals surface area (Å²) in [6, 6.07) is 7.98. The Labute approximate surface area is 89.2 Å². The van der Waals surface area contributed by atoms with E-state index in [4.69, 9.17) is 0 Å². The lowest BCUT2D eigenvalue weighted by Crippen LogP contribution is -2.06. The van der Waals surface area contributed by atoms with E-state index in [1.165, 1.54) is 0 Å². The molecule has 3 heteroatoms. The Morgan fingerprint density at radius 1 is 1.40 bits per heavy atom. The first kappa shape index (κ1) is 10.2. The molecule has 0 bridgehead atoms. The maximum absolute atomic E-state index is 9.45. The van der Waals surface area contributed by atoms with Crippen LogP contribution in [0.4, 0.5) is 0 Å². The van der Waals surface area contributed by atoms with Crippen LogP contribution in [-0.2, 0) is 6.42 Å². The number of imidazole rings is 1. The van der Waals surface area contributed by atoms with Gasteiger partial charge in [-0.2, -0.15) is 0 Å². The van der Waals surface area contributed by atoms with Crippen molar-refractivity contribution in [1.29, 1.82) is 0 Å². The Balaban J connectivity index is 2.09. The lowest BCUT2D eigenvalue weighted by atomic mass is 10.1. The Bertz CT molecular complexity index is 403. The summed E-state index contributed by atoms with van der Waals surface area (Å²) in [4.78, 5) is 7.71. The number of aromatic nitrogens is 2. The molecule has 1 aromatic heterocycles. The van der Waals surface area contributed by atoms with Gasteiger partial charge in [0.1, 0.15) is 5.82 Å². The number of benzene rings is 1. The zero-order valence-corrected chi connectivity index (χ0v) is 8.90. The number of hydrogen-bond donors (Lipinski definition) is 2. The number of H-pyrrole nitrogens is 1. The standard InChI is InChI=1S/C12H16N2O/c1-2-9(15)7-8-12-13-10-5-3-4-6-11(10)14-12/h3-6,9,15H,2,7-8H2,1H3,(H,13,14).